The molecule has 0 spiro atoms. The first kappa shape index (κ1) is 14.6. The van der Waals surface area contributed by atoms with Gasteiger partial charge in [0.15, 0.2) is 0 Å². The molecule has 0 atom stereocenters. The Labute approximate surface area is 119 Å². The van der Waals surface area contributed by atoms with Crippen LogP contribution in [0.2, 0.25) is 0 Å². The van der Waals surface area contributed by atoms with Crippen LogP contribution >= 0.6 is 0 Å². The fourth-order valence-corrected chi connectivity index (χ4v) is 3.36. The predicted molar refractivity (Wildman–Crippen MR) is 77.8 cm³/mol. The SMILES string of the molecule is CCN(Cc1ccccc1)S(=O)(=O)c1ccc(O)cc1. The number of benzene rings is 2. The Kier molecular flexibility index (Phi) is 4.42. The zero-order valence-corrected chi connectivity index (χ0v) is 12.0. The summed E-state index contributed by atoms with van der Waals surface area (Å²) in [5.74, 6) is 0.0510. The van der Waals surface area contributed by atoms with Crippen LogP contribution in [0.4, 0.5) is 0 Å². The molecule has 0 aliphatic carbocycles. The van der Waals surface area contributed by atoms with Gasteiger partial charge in [-0.05, 0) is 29.8 Å². The van der Waals surface area contributed by atoms with Crippen molar-refractivity contribution in [3.8, 4) is 5.75 Å². The summed E-state index contributed by atoms with van der Waals surface area (Å²) in [6, 6.07) is 15.0. The third kappa shape index (κ3) is 3.18. The Hall–Kier alpha value is -1.85. The Bertz CT molecular complexity index is 651. The Morgan fingerprint density at radius 1 is 1.00 bits per heavy atom. The van der Waals surface area contributed by atoms with Crippen molar-refractivity contribution in [1.29, 1.82) is 0 Å². The molecule has 0 aliphatic heterocycles. The molecule has 4 nitrogen and oxygen atoms in total. The Morgan fingerprint density at radius 3 is 2.15 bits per heavy atom. The molecule has 0 aliphatic rings. The van der Waals surface area contributed by atoms with Crippen LogP contribution < -0.4 is 0 Å². The van der Waals surface area contributed by atoms with E-state index < -0.39 is 10.0 Å². The van der Waals surface area contributed by atoms with Crippen molar-refractivity contribution < 1.29 is 13.5 Å². The molecular formula is C15H17NO3S. The van der Waals surface area contributed by atoms with Crippen LogP contribution in [-0.4, -0.2) is 24.4 Å². The van der Waals surface area contributed by atoms with E-state index in [2.05, 4.69) is 0 Å². The molecule has 2 aromatic carbocycles. The smallest absolute Gasteiger partial charge is 0.243 e. The highest BCUT2D eigenvalue weighted by Gasteiger charge is 2.22. The molecule has 2 aromatic rings. The standard InChI is InChI=1S/C15H17NO3S/c1-2-16(12-13-6-4-3-5-7-13)20(18,19)15-10-8-14(17)9-11-15/h3-11,17H,2,12H2,1H3. The minimum absolute atomic E-state index is 0.0510. The highest BCUT2D eigenvalue weighted by Crippen LogP contribution is 2.20. The molecule has 5 heteroatoms. The molecular weight excluding hydrogens is 274 g/mol. The summed E-state index contributed by atoms with van der Waals surface area (Å²) in [6.07, 6.45) is 0. The normalized spacial score (nSPS) is 11.7. The first-order valence-electron chi connectivity index (χ1n) is 6.37. The quantitative estimate of drug-likeness (QED) is 0.921. The molecule has 1 N–H and O–H groups in total. The van der Waals surface area contributed by atoms with Crippen LogP contribution in [-0.2, 0) is 16.6 Å². The largest absolute Gasteiger partial charge is 0.508 e. The number of phenolic OH excluding ortho intramolecular Hbond substituents is 1. The van der Waals surface area contributed by atoms with Crippen molar-refractivity contribution in [3.63, 3.8) is 0 Å². The monoisotopic (exact) mass is 291 g/mol. The molecule has 0 unspecified atom stereocenters. The highest BCUT2D eigenvalue weighted by molar-refractivity contribution is 7.89. The van der Waals surface area contributed by atoms with Gasteiger partial charge in [-0.15, -0.1) is 0 Å². The summed E-state index contributed by atoms with van der Waals surface area (Å²) < 4.78 is 26.5. The molecule has 2 rings (SSSR count). The van der Waals surface area contributed by atoms with Gasteiger partial charge in [0, 0.05) is 13.1 Å². The minimum Gasteiger partial charge on any atom is -0.508 e. The Balaban J connectivity index is 2.28. The lowest BCUT2D eigenvalue weighted by atomic mass is 10.2. The molecule has 20 heavy (non-hydrogen) atoms. The lowest BCUT2D eigenvalue weighted by molar-refractivity contribution is 0.423. The van der Waals surface area contributed by atoms with Gasteiger partial charge >= 0.3 is 0 Å². The molecule has 0 amide bonds. The number of nitrogens with zero attached hydrogens (tertiary/aromatic N) is 1. The van der Waals surface area contributed by atoms with Gasteiger partial charge < -0.3 is 5.11 Å². The second kappa shape index (κ2) is 6.07. The highest BCUT2D eigenvalue weighted by atomic mass is 32.2. The molecule has 0 bridgehead atoms. The number of aromatic hydroxyl groups is 1. The van der Waals surface area contributed by atoms with E-state index in [0.717, 1.165) is 5.56 Å². The van der Waals surface area contributed by atoms with E-state index in [0.29, 0.717) is 13.1 Å². The molecule has 0 heterocycles. The van der Waals surface area contributed by atoms with Gasteiger partial charge in [0.2, 0.25) is 10.0 Å². The van der Waals surface area contributed by atoms with Crippen LogP contribution in [0.3, 0.4) is 0 Å². The van der Waals surface area contributed by atoms with Gasteiger partial charge in [0.1, 0.15) is 5.75 Å². The zero-order valence-electron chi connectivity index (χ0n) is 11.2. The summed E-state index contributed by atoms with van der Waals surface area (Å²) in [6.45, 7) is 2.53. The maximum atomic E-state index is 12.5. The van der Waals surface area contributed by atoms with E-state index in [-0.39, 0.29) is 10.6 Å². The van der Waals surface area contributed by atoms with E-state index in [9.17, 15) is 13.5 Å². The summed E-state index contributed by atoms with van der Waals surface area (Å²) in [5, 5.41) is 9.24. The maximum absolute atomic E-state index is 12.5. The van der Waals surface area contributed by atoms with Crippen LogP contribution in [0.1, 0.15) is 12.5 Å². The molecule has 0 aromatic heterocycles. The number of sulfonamides is 1. The van der Waals surface area contributed by atoms with Crippen molar-refractivity contribution in [2.45, 2.75) is 18.4 Å². The molecule has 0 saturated heterocycles. The van der Waals surface area contributed by atoms with Crippen LogP contribution in [0, 0.1) is 0 Å². The fraction of sp³-hybridized carbons (Fsp3) is 0.200. The summed E-state index contributed by atoms with van der Waals surface area (Å²) in [5.41, 5.74) is 0.941. The fourth-order valence-electron chi connectivity index (χ4n) is 1.92. The first-order valence-corrected chi connectivity index (χ1v) is 7.81. The van der Waals surface area contributed by atoms with E-state index >= 15 is 0 Å². The van der Waals surface area contributed by atoms with Crippen LogP contribution in [0.25, 0.3) is 0 Å². The van der Waals surface area contributed by atoms with Gasteiger partial charge in [-0.2, -0.15) is 4.31 Å². The summed E-state index contributed by atoms with van der Waals surface area (Å²) in [7, 11) is -3.54. The van der Waals surface area contributed by atoms with Crippen molar-refractivity contribution in [2.24, 2.45) is 0 Å². The molecule has 0 radical (unpaired) electrons. The van der Waals surface area contributed by atoms with Crippen molar-refractivity contribution >= 4 is 10.0 Å². The first-order chi connectivity index (χ1) is 9.54. The molecule has 0 fully saturated rings. The summed E-state index contributed by atoms with van der Waals surface area (Å²) >= 11 is 0. The lowest BCUT2D eigenvalue weighted by Gasteiger charge is -2.20. The zero-order chi connectivity index (χ0) is 14.6. The second-order valence-corrected chi connectivity index (χ2v) is 6.35. The van der Waals surface area contributed by atoms with E-state index in [4.69, 9.17) is 0 Å². The van der Waals surface area contributed by atoms with Gasteiger partial charge in [-0.3, -0.25) is 0 Å². The molecule has 106 valence electrons. The third-order valence-corrected chi connectivity index (χ3v) is 4.96. The average molecular weight is 291 g/mol. The Morgan fingerprint density at radius 2 is 1.60 bits per heavy atom. The average Bonchev–Trinajstić information content (AvgIpc) is 2.46. The van der Waals surface area contributed by atoms with Crippen LogP contribution in [0.5, 0.6) is 5.75 Å². The van der Waals surface area contributed by atoms with Gasteiger partial charge in [-0.25, -0.2) is 8.42 Å². The van der Waals surface area contributed by atoms with Crippen molar-refractivity contribution in [1.82, 2.24) is 4.31 Å². The lowest BCUT2D eigenvalue weighted by Crippen LogP contribution is -2.30. The number of hydrogen-bond acceptors (Lipinski definition) is 3. The third-order valence-electron chi connectivity index (χ3n) is 3.03. The predicted octanol–water partition coefficient (Wildman–Crippen LogP) is 2.60. The number of rotatable bonds is 5. The number of hydrogen-bond donors (Lipinski definition) is 1. The van der Waals surface area contributed by atoms with Crippen molar-refractivity contribution in [2.75, 3.05) is 6.54 Å². The van der Waals surface area contributed by atoms with Gasteiger partial charge in [0.05, 0.1) is 4.90 Å². The summed E-state index contributed by atoms with van der Waals surface area (Å²) in [4.78, 5) is 0.188. The second-order valence-electron chi connectivity index (χ2n) is 4.41. The van der Waals surface area contributed by atoms with Crippen molar-refractivity contribution in [3.05, 3.63) is 60.2 Å². The van der Waals surface area contributed by atoms with E-state index in [1.807, 2.05) is 30.3 Å². The van der Waals surface area contributed by atoms with E-state index in [1.165, 1.54) is 28.6 Å². The number of phenols is 1. The van der Waals surface area contributed by atoms with Gasteiger partial charge in [-0.1, -0.05) is 37.3 Å². The van der Waals surface area contributed by atoms with Crippen LogP contribution in [0.15, 0.2) is 59.5 Å². The topological polar surface area (TPSA) is 57.6 Å². The maximum Gasteiger partial charge on any atom is 0.243 e. The van der Waals surface area contributed by atoms with Gasteiger partial charge in [0.25, 0.3) is 0 Å². The minimum atomic E-state index is -3.54. The van der Waals surface area contributed by atoms with E-state index in [1.54, 1.807) is 6.92 Å². The molecule has 0 saturated carbocycles.